The highest BCUT2D eigenvalue weighted by molar-refractivity contribution is 5.83. The Morgan fingerprint density at radius 1 is 1.40 bits per heavy atom. The quantitative estimate of drug-likeness (QED) is 0.746. The van der Waals surface area contributed by atoms with Gasteiger partial charge in [-0.05, 0) is 38.5 Å². The van der Waals surface area contributed by atoms with Crippen LogP contribution >= 0.6 is 0 Å². The minimum absolute atomic E-state index is 0.129. The van der Waals surface area contributed by atoms with E-state index in [4.69, 9.17) is 4.74 Å². The number of carboxylic acid groups (broad SMARTS) is 1. The van der Waals surface area contributed by atoms with Crippen LogP contribution in [0.5, 0.6) is 0 Å². The van der Waals surface area contributed by atoms with Crippen molar-refractivity contribution in [1.29, 1.82) is 0 Å². The van der Waals surface area contributed by atoms with Crippen molar-refractivity contribution in [2.24, 2.45) is 11.8 Å². The van der Waals surface area contributed by atoms with Crippen molar-refractivity contribution >= 4 is 12.0 Å². The normalized spacial score (nSPS) is 28.8. The third kappa shape index (κ3) is 3.23. The number of hydrogen-bond acceptors (Lipinski definition) is 3. The number of nitrogens with zero attached hydrogens (tertiary/aromatic N) is 1. The lowest BCUT2D eigenvalue weighted by Gasteiger charge is -2.24. The first-order chi connectivity index (χ1) is 9.50. The Kier molecular flexibility index (Phi) is 4.86. The summed E-state index contributed by atoms with van der Waals surface area (Å²) in [4.78, 5) is 25.1. The van der Waals surface area contributed by atoms with E-state index >= 15 is 0 Å². The molecule has 1 aliphatic carbocycles. The van der Waals surface area contributed by atoms with E-state index in [9.17, 15) is 14.7 Å². The van der Waals surface area contributed by atoms with Gasteiger partial charge in [0.05, 0.1) is 12.7 Å². The van der Waals surface area contributed by atoms with Gasteiger partial charge in [-0.2, -0.15) is 0 Å². The van der Waals surface area contributed by atoms with Crippen molar-refractivity contribution in [3.05, 3.63) is 0 Å². The Morgan fingerprint density at radius 2 is 2.15 bits per heavy atom. The summed E-state index contributed by atoms with van der Waals surface area (Å²) in [5, 5.41) is 12.1. The molecule has 2 rings (SSSR count). The van der Waals surface area contributed by atoms with Gasteiger partial charge in [-0.1, -0.05) is 6.42 Å². The molecule has 0 aromatic heterocycles. The van der Waals surface area contributed by atoms with Gasteiger partial charge in [0.1, 0.15) is 6.04 Å². The number of carboxylic acids is 1. The fraction of sp³-hybridized carbons (Fsp3) is 0.857. The molecule has 1 aliphatic heterocycles. The minimum Gasteiger partial charge on any atom is -0.480 e. The number of likely N-dealkylation sites (tertiary alicyclic amines) is 1. The number of amides is 2. The number of ether oxygens (including phenoxy) is 1. The van der Waals surface area contributed by atoms with Crippen molar-refractivity contribution in [3.8, 4) is 0 Å². The SMILES string of the molecule is CC(C)OCCNC(=O)N1CC2CCCC2C1C(=O)O. The summed E-state index contributed by atoms with van der Waals surface area (Å²) in [6.45, 7) is 5.30. The monoisotopic (exact) mass is 284 g/mol. The number of carbonyl (C=O) groups is 2. The van der Waals surface area contributed by atoms with Gasteiger partial charge < -0.3 is 20.1 Å². The van der Waals surface area contributed by atoms with Gasteiger partial charge in [0.2, 0.25) is 0 Å². The summed E-state index contributed by atoms with van der Waals surface area (Å²) in [5.74, 6) is -0.396. The van der Waals surface area contributed by atoms with E-state index in [1.54, 1.807) is 0 Å². The Hall–Kier alpha value is -1.30. The molecule has 20 heavy (non-hydrogen) atoms. The fourth-order valence-corrected chi connectivity index (χ4v) is 3.39. The van der Waals surface area contributed by atoms with Gasteiger partial charge in [0.15, 0.2) is 0 Å². The molecule has 3 atom stereocenters. The number of urea groups is 1. The van der Waals surface area contributed by atoms with Gasteiger partial charge in [-0.3, -0.25) is 0 Å². The second-order valence-electron chi connectivity index (χ2n) is 5.94. The molecule has 2 amide bonds. The van der Waals surface area contributed by atoms with Crippen molar-refractivity contribution in [2.75, 3.05) is 19.7 Å². The van der Waals surface area contributed by atoms with E-state index in [0.717, 1.165) is 19.3 Å². The molecule has 1 saturated carbocycles. The molecule has 1 heterocycles. The second kappa shape index (κ2) is 6.43. The number of rotatable bonds is 5. The number of nitrogens with one attached hydrogen (secondary N) is 1. The topological polar surface area (TPSA) is 78.9 Å². The Morgan fingerprint density at radius 3 is 2.80 bits per heavy atom. The smallest absolute Gasteiger partial charge is 0.326 e. The lowest BCUT2D eigenvalue weighted by atomic mass is 9.94. The summed E-state index contributed by atoms with van der Waals surface area (Å²) in [6.07, 6.45) is 3.16. The minimum atomic E-state index is -0.881. The maximum atomic E-state index is 12.1. The van der Waals surface area contributed by atoms with Crippen molar-refractivity contribution in [2.45, 2.75) is 45.3 Å². The molecule has 3 unspecified atom stereocenters. The summed E-state index contributed by atoms with van der Waals surface area (Å²) in [5.41, 5.74) is 0. The van der Waals surface area contributed by atoms with E-state index < -0.39 is 12.0 Å². The number of hydrogen-bond donors (Lipinski definition) is 2. The molecule has 6 nitrogen and oxygen atoms in total. The summed E-state index contributed by atoms with van der Waals surface area (Å²) in [7, 11) is 0. The summed E-state index contributed by atoms with van der Waals surface area (Å²) in [6, 6.07) is -0.937. The zero-order valence-electron chi connectivity index (χ0n) is 12.2. The lowest BCUT2D eigenvalue weighted by Crippen LogP contribution is -2.48. The van der Waals surface area contributed by atoms with E-state index in [-0.39, 0.29) is 18.1 Å². The van der Waals surface area contributed by atoms with Crippen molar-refractivity contribution in [1.82, 2.24) is 10.2 Å². The molecule has 6 heteroatoms. The Labute approximate surface area is 119 Å². The highest BCUT2D eigenvalue weighted by Crippen LogP contribution is 2.42. The van der Waals surface area contributed by atoms with Gasteiger partial charge >= 0.3 is 12.0 Å². The molecule has 0 aromatic rings. The number of carbonyl (C=O) groups excluding carboxylic acids is 1. The standard InChI is InChI=1S/C14H24N2O4/c1-9(2)20-7-6-15-14(19)16-8-10-4-3-5-11(10)12(16)13(17)18/h9-12H,3-8H2,1-2H3,(H,15,19)(H,17,18). The summed E-state index contributed by atoms with van der Waals surface area (Å²) < 4.78 is 5.35. The van der Waals surface area contributed by atoms with Crippen LogP contribution in [0.2, 0.25) is 0 Å². The van der Waals surface area contributed by atoms with Crippen LogP contribution in [-0.4, -0.2) is 53.8 Å². The summed E-state index contributed by atoms with van der Waals surface area (Å²) >= 11 is 0. The van der Waals surface area contributed by atoms with Crippen LogP contribution in [0.3, 0.4) is 0 Å². The average molecular weight is 284 g/mol. The average Bonchev–Trinajstić information content (AvgIpc) is 2.92. The molecule has 2 fully saturated rings. The number of aliphatic carboxylic acids is 1. The van der Waals surface area contributed by atoms with Crippen LogP contribution in [-0.2, 0) is 9.53 Å². The van der Waals surface area contributed by atoms with Crippen LogP contribution in [0.25, 0.3) is 0 Å². The Balaban J connectivity index is 1.87. The third-order valence-corrected chi connectivity index (χ3v) is 4.23. The number of fused-ring (bicyclic) bond motifs is 1. The van der Waals surface area contributed by atoms with E-state index in [0.29, 0.717) is 25.6 Å². The first-order valence-electron chi connectivity index (χ1n) is 7.39. The maximum absolute atomic E-state index is 12.1. The first kappa shape index (κ1) is 15.1. The molecular formula is C14H24N2O4. The predicted molar refractivity (Wildman–Crippen MR) is 73.4 cm³/mol. The van der Waals surface area contributed by atoms with Gasteiger partial charge in [0, 0.05) is 13.1 Å². The largest absolute Gasteiger partial charge is 0.480 e. The van der Waals surface area contributed by atoms with Gasteiger partial charge in [-0.25, -0.2) is 9.59 Å². The molecule has 0 aromatic carbocycles. The molecule has 0 spiro atoms. The molecule has 0 radical (unpaired) electrons. The highest BCUT2D eigenvalue weighted by atomic mass is 16.5. The zero-order valence-corrected chi connectivity index (χ0v) is 12.2. The van der Waals surface area contributed by atoms with Crippen LogP contribution in [0.15, 0.2) is 0 Å². The van der Waals surface area contributed by atoms with Gasteiger partial charge in [-0.15, -0.1) is 0 Å². The molecule has 114 valence electrons. The van der Waals surface area contributed by atoms with E-state index in [2.05, 4.69) is 5.32 Å². The maximum Gasteiger partial charge on any atom is 0.326 e. The van der Waals surface area contributed by atoms with E-state index in [1.807, 2.05) is 13.8 Å². The van der Waals surface area contributed by atoms with Crippen LogP contribution in [0.4, 0.5) is 4.79 Å². The lowest BCUT2D eigenvalue weighted by molar-refractivity contribution is -0.142. The molecular weight excluding hydrogens is 260 g/mol. The van der Waals surface area contributed by atoms with Crippen molar-refractivity contribution in [3.63, 3.8) is 0 Å². The zero-order chi connectivity index (χ0) is 14.7. The fourth-order valence-electron chi connectivity index (χ4n) is 3.39. The van der Waals surface area contributed by atoms with Crippen LogP contribution in [0.1, 0.15) is 33.1 Å². The second-order valence-corrected chi connectivity index (χ2v) is 5.94. The van der Waals surface area contributed by atoms with Crippen LogP contribution < -0.4 is 5.32 Å². The van der Waals surface area contributed by atoms with E-state index in [1.165, 1.54) is 4.90 Å². The molecule has 2 aliphatic rings. The Bertz CT molecular complexity index is 372. The third-order valence-electron chi connectivity index (χ3n) is 4.23. The molecule has 0 bridgehead atoms. The molecule has 2 N–H and O–H groups in total. The highest BCUT2D eigenvalue weighted by Gasteiger charge is 2.49. The van der Waals surface area contributed by atoms with Crippen molar-refractivity contribution < 1.29 is 19.4 Å². The van der Waals surface area contributed by atoms with Crippen LogP contribution in [0, 0.1) is 11.8 Å². The molecule has 1 saturated heterocycles. The predicted octanol–water partition coefficient (Wildman–Crippen LogP) is 1.31. The van der Waals surface area contributed by atoms with Gasteiger partial charge in [0.25, 0.3) is 0 Å². The first-order valence-corrected chi connectivity index (χ1v) is 7.39.